The number of fused-ring (bicyclic) bond motifs is 1. The first-order valence-electron chi connectivity index (χ1n) is 14.2. The second kappa shape index (κ2) is 18.0. The number of nitrogens with zero attached hydrogens (tertiary/aromatic N) is 5. The van der Waals surface area contributed by atoms with Gasteiger partial charge in [0.2, 0.25) is 0 Å². The lowest BCUT2D eigenvalue weighted by Crippen LogP contribution is -2.68. The van der Waals surface area contributed by atoms with Gasteiger partial charge in [0.1, 0.15) is 17.9 Å². The zero-order valence-electron chi connectivity index (χ0n) is 27.6. The molecule has 0 atom stereocenters. The largest absolute Gasteiger partial charge is 0.392 e. The standard InChI is InChI=1S/C31H37N6O2.2ClHO4/c1-32-30(39)29-31-35(6)27(17-11-23-7-13-25(14-8-23)33(2)3)21-28(37(31)22-36(29)19-20-38)18-12-24-9-15-26(16-10-24)34(4)5;2*2-1(3,4)5/h7-18,21-22,38H,19-20H2,1-6H3;2*(H,2,3,4,5)/q+1;;/p-1. The number of carbonyl (C=O) groups is 1. The molecule has 0 fully saturated rings. The first-order chi connectivity index (χ1) is 22.7. The van der Waals surface area contributed by atoms with Gasteiger partial charge >= 0.3 is 5.65 Å². The summed E-state index contributed by atoms with van der Waals surface area (Å²) in [6.45, 7) is 0.233. The van der Waals surface area contributed by atoms with Crippen LogP contribution < -0.4 is 61.5 Å². The topological polar surface area (TPSA) is 252 Å². The molecule has 0 saturated heterocycles. The van der Waals surface area contributed by atoms with Gasteiger partial charge in [-0.15, -0.1) is 20.5 Å². The zero-order chi connectivity index (χ0) is 37.1. The minimum absolute atomic E-state index is 0.0750. The highest BCUT2D eigenvalue weighted by Crippen LogP contribution is 2.18. The van der Waals surface area contributed by atoms with Crippen molar-refractivity contribution in [1.29, 1.82) is 0 Å². The molecule has 4 aromatic rings. The fourth-order valence-corrected chi connectivity index (χ4v) is 4.49. The predicted octanol–water partition coefficient (Wildman–Crippen LogP) is -6.64. The maximum atomic E-state index is 13.0. The van der Waals surface area contributed by atoms with Crippen molar-refractivity contribution in [2.75, 3.05) is 51.6 Å². The minimum Gasteiger partial charge on any atom is -0.392 e. The smallest absolute Gasteiger partial charge is 0.343 e. The van der Waals surface area contributed by atoms with Crippen molar-refractivity contribution in [3.05, 3.63) is 89.1 Å². The molecule has 0 aliphatic carbocycles. The summed E-state index contributed by atoms with van der Waals surface area (Å²) < 4.78 is 73.7. The van der Waals surface area contributed by atoms with Crippen molar-refractivity contribution in [2.45, 2.75) is 6.54 Å². The molecule has 2 heterocycles. The lowest BCUT2D eigenvalue weighted by molar-refractivity contribution is -2.00. The number of aliphatic hydroxyl groups excluding tert-OH is 1. The molecule has 266 valence electrons. The number of amides is 1. The molecule has 2 aromatic heterocycles. The van der Waals surface area contributed by atoms with E-state index < -0.39 is 20.5 Å². The van der Waals surface area contributed by atoms with E-state index >= 15 is 0 Å². The van der Waals surface area contributed by atoms with Crippen molar-refractivity contribution in [2.24, 2.45) is 7.05 Å². The average Bonchev–Trinajstić information content (AvgIpc) is 3.38. The summed E-state index contributed by atoms with van der Waals surface area (Å²) in [4.78, 5) is 17.1. The second-order valence-corrected chi connectivity index (χ2v) is 12.1. The molecule has 16 nitrogen and oxygen atoms in total. The summed E-state index contributed by atoms with van der Waals surface area (Å²) in [5.74, 6) is -0.212. The van der Waals surface area contributed by atoms with E-state index in [2.05, 4.69) is 94.0 Å². The van der Waals surface area contributed by atoms with Crippen LogP contribution in [0.15, 0.2) is 60.9 Å². The Bertz CT molecular complexity index is 1710. The number of hydrogen-bond acceptors (Lipinski definition) is 12. The highest BCUT2D eigenvalue weighted by molar-refractivity contribution is 5.95. The number of rotatable bonds is 9. The molecule has 2 N–H and O–H groups in total. The number of carbonyl (C=O) groups excluding carboxylic acids is 1. The number of benzene rings is 2. The third kappa shape index (κ3) is 13.7. The van der Waals surface area contributed by atoms with Gasteiger partial charge < -0.3 is 20.2 Å². The Hall–Kier alpha value is -4.17. The Morgan fingerprint density at radius 2 is 1.22 bits per heavy atom. The number of anilines is 2. The van der Waals surface area contributed by atoms with Crippen molar-refractivity contribution in [1.82, 2.24) is 9.72 Å². The minimum atomic E-state index is -4.94. The monoisotopic (exact) mass is 724 g/mol. The molecule has 0 unspecified atom stereocenters. The molecule has 0 aliphatic heterocycles. The predicted molar refractivity (Wildman–Crippen MR) is 159 cm³/mol. The summed E-state index contributed by atoms with van der Waals surface area (Å²) >= 11 is 0. The maximum Gasteiger partial charge on any atom is 0.343 e. The van der Waals surface area contributed by atoms with Crippen LogP contribution in [0.4, 0.5) is 11.4 Å². The Labute approximate surface area is 287 Å². The second-order valence-electron chi connectivity index (χ2n) is 10.6. The fourth-order valence-electron chi connectivity index (χ4n) is 4.49. The number of aromatic nitrogens is 3. The highest BCUT2D eigenvalue weighted by Gasteiger charge is 2.30. The number of aliphatic hydroxyl groups is 1. The van der Waals surface area contributed by atoms with Gasteiger partial charge in [-0.3, -0.25) is 4.79 Å². The van der Waals surface area contributed by atoms with E-state index in [0.717, 1.165) is 39.5 Å². The molecule has 0 aliphatic rings. The molecular weight excluding hydrogens is 687 g/mol. The van der Waals surface area contributed by atoms with Gasteiger partial charge in [-0.05, 0) is 47.5 Å². The first-order valence-corrected chi connectivity index (χ1v) is 16.6. The van der Waals surface area contributed by atoms with Gasteiger partial charge in [0.15, 0.2) is 0 Å². The lowest BCUT2D eigenvalue weighted by Gasteiger charge is -2.17. The molecule has 2 aromatic carbocycles. The molecule has 0 bridgehead atoms. The zero-order valence-corrected chi connectivity index (χ0v) is 29.1. The van der Waals surface area contributed by atoms with E-state index in [-0.39, 0.29) is 12.5 Å². The molecule has 18 heteroatoms. The maximum absolute atomic E-state index is 13.0. The van der Waals surface area contributed by atoms with E-state index in [1.165, 1.54) is 0 Å². The van der Waals surface area contributed by atoms with Gasteiger partial charge in [-0.25, -0.2) is 46.4 Å². The number of aryl methyl sites for hydroxylation is 1. The number of nitrogens with one attached hydrogen (secondary N) is 1. The Morgan fingerprint density at radius 3 is 1.61 bits per heavy atom. The van der Waals surface area contributed by atoms with Gasteiger partial charge in [0.05, 0.1) is 13.7 Å². The number of hydrogen-bond donors (Lipinski definition) is 2. The van der Waals surface area contributed by atoms with Crippen LogP contribution in [0.1, 0.15) is 33.0 Å². The average molecular weight is 726 g/mol. The molecule has 0 radical (unpaired) electrons. The van der Waals surface area contributed by atoms with Crippen LogP contribution in [0.5, 0.6) is 0 Å². The van der Waals surface area contributed by atoms with E-state index in [1.54, 1.807) is 11.6 Å². The summed E-state index contributed by atoms with van der Waals surface area (Å²) in [7, 11) is 1.78. The van der Waals surface area contributed by atoms with Crippen LogP contribution in [0.3, 0.4) is 0 Å². The Morgan fingerprint density at radius 1 is 0.796 bits per heavy atom. The highest BCUT2D eigenvalue weighted by atomic mass is 35.7. The van der Waals surface area contributed by atoms with E-state index in [1.807, 2.05) is 50.5 Å². The van der Waals surface area contributed by atoms with Crippen LogP contribution in [-0.4, -0.2) is 57.3 Å². The van der Waals surface area contributed by atoms with E-state index in [9.17, 15) is 9.90 Å². The third-order valence-corrected chi connectivity index (χ3v) is 6.76. The van der Waals surface area contributed by atoms with Crippen LogP contribution in [0.2, 0.25) is 0 Å². The Balaban J connectivity index is 0.000000730. The summed E-state index contributed by atoms with van der Waals surface area (Å²) in [6, 6.07) is 18.8. The summed E-state index contributed by atoms with van der Waals surface area (Å²) in [5.41, 5.74) is 7.49. The van der Waals surface area contributed by atoms with Crippen molar-refractivity contribution in [3.63, 3.8) is 0 Å². The molecular formula is C31H38Cl2N6O10. The van der Waals surface area contributed by atoms with Crippen molar-refractivity contribution < 1.29 is 76.8 Å². The SMILES string of the molecule is CNC(=O)c1c2n(c[n+]1CCO)c(/C=C/c1ccc(N(C)C)cc1)cc(/C=C/c1ccc(N(C)C)cc1)[n+]2C.[O-][Cl+3]([O-])([O-])[O-].[O-][Cl+3]([O-])([O-])[O-]. The summed E-state index contributed by atoms with van der Waals surface area (Å²) in [6.07, 6.45) is 10.1. The molecule has 0 spiro atoms. The normalized spacial score (nSPS) is 11.7. The fraction of sp³-hybridized carbons (Fsp3) is 0.258. The van der Waals surface area contributed by atoms with E-state index in [0.29, 0.717) is 12.2 Å². The van der Waals surface area contributed by atoms with Crippen LogP contribution in [0, 0.1) is 20.5 Å². The van der Waals surface area contributed by atoms with Crippen LogP contribution in [0.25, 0.3) is 30.0 Å². The Kier molecular flexibility index (Phi) is 15.1. The van der Waals surface area contributed by atoms with Gasteiger partial charge in [-0.2, -0.15) is 4.40 Å². The van der Waals surface area contributed by atoms with Crippen molar-refractivity contribution in [3.8, 4) is 0 Å². The lowest BCUT2D eigenvalue weighted by atomic mass is 10.1. The molecule has 4 rings (SSSR count). The quantitative estimate of drug-likeness (QED) is 0.153. The third-order valence-electron chi connectivity index (χ3n) is 6.76. The van der Waals surface area contributed by atoms with Crippen LogP contribution >= 0.6 is 0 Å². The molecule has 49 heavy (non-hydrogen) atoms. The van der Waals surface area contributed by atoms with Crippen LogP contribution in [-0.2, 0) is 13.6 Å². The summed E-state index contributed by atoms with van der Waals surface area (Å²) in [5, 5.41) is 12.5. The van der Waals surface area contributed by atoms with Gasteiger partial charge in [0.25, 0.3) is 17.9 Å². The number of halogens is 2. The van der Waals surface area contributed by atoms with Crippen molar-refractivity contribution >= 4 is 47.2 Å². The van der Waals surface area contributed by atoms with E-state index in [4.69, 9.17) is 37.3 Å². The van der Waals surface area contributed by atoms with Gasteiger partial charge in [-0.1, -0.05) is 36.4 Å². The first kappa shape index (κ1) is 41.0. The molecule has 1 amide bonds. The number of imidazole rings is 1. The van der Waals surface area contributed by atoms with Gasteiger partial charge in [0, 0.05) is 52.7 Å². The molecule has 0 saturated carbocycles.